The van der Waals surface area contributed by atoms with Crippen molar-refractivity contribution in [2.45, 2.75) is 36.8 Å². The van der Waals surface area contributed by atoms with Gasteiger partial charge in [-0.25, -0.2) is 13.1 Å². The van der Waals surface area contributed by atoms with Crippen LogP contribution in [0, 0.1) is 12.8 Å². The Labute approximate surface area is 133 Å². The van der Waals surface area contributed by atoms with Crippen LogP contribution in [0.25, 0.3) is 10.9 Å². The van der Waals surface area contributed by atoms with Crippen molar-refractivity contribution < 1.29 is 13.2 Å². The molecule has 2 aliphatic rings. The number of aromatic amines is 1. The summed E-state index contributed by atoms with van der Waals surface area (Å²) in [6.07, 6.45) is 1.87. The number of H-pyrrole nitrogens is 1. The predicted octanol–water partition coefficient (Wildman–Crippen LogP) is 1.29. The maximum Gasteiger partial charge on any atom is 0.248 e. The van der Waals surface area contributed by atoms with E-state index in [0.29, 0.717) is 11.4 Å². The van der Waals surface area contributed by atoms with Crippen LogP contribution in [0.3, 0.4) is 0 Å². The van der Waals surface area contributed by atoms with Crippen LogP contribution in [0.4, 0.5) is 0 Å². The molecule has 7 heteroatoms. The molecule has 3 atom stereocenters. The second-order valence-corrected chi connectivity index (χ2v) is 8.06. The van der Waals surface area contributed by atoms with Gasteiger partial charge < -0.3 is 9.72 Å². The number of ether oxygens (including phenoxy) is 1. The van der Waals surface area contributed by atoms with E-state index >= 15 is 0 Å². The lowest BCUT2D eigenvalue weighted by atomic mass is 9.77. The highest BCUT2D eigenvalue weighted by Gasteiger charge is 2.46. The van der Waals surface area contributed by atoms with E-state index in [-0.39, 0.29) is 22.6 Å². The number of benzene rings is 1. The zero-order valence-electron chi connectivity index (χ0n) is 12.7. The Morgan fingerprint density at radius 3 is 2.91 bits per heavy atom. The van der Waals surface area contributed by atoms with Crippen molar-refractivity contribution in [1.29, 1.82) is 0 Å². The fourth-order valence-electron chi connectivity index (χ4n) is 3.57. The molecule has 23 heavy (non-hydrogen) atoms. The first-order valence-electron chi connectivity index (χ1n) is 7.72. The van der Waals surface area contributed by atoms with Gasteiger partial charge in [0.2, 0.25) is 15.6 Å². The fraction of sp³-hybridized carbons (Fsp3) is 0.438. The van der Waals surface area contributed by atoms with Crippen molar-refractivity contribution in [3.8, 4) is 0 Å². The quantitative estimate of drug-likeness (QED) is 0.885. The van der Waals surface area contributed by atoms with Gasteiger partial charge in [-0.3, -0.25) is 4.79 Å². The Morgan fingerprint density at radius 1 is 1.30 bits per heavy atom. The summed E-state index contributed by atoms with van der Waals surface area (Å²) in [6, 6.07) is 6.21. The summed E-state index contributed by atoms with van der Waals surface area (Å²) in [7, 11) is -3.57. The number of hydrogen-bond donors (Lipinski definition) is 2. The highest BCUT2D eigenvalue weighted by Crippen LogP contribution is 2.39. The van der Waals surface area contributed by atoms with E-state index in [1.165, 1.54) is 12.1 Å². The molecule has 1 aliphatic heterocycles. The Hall–Kier alpha value is -1.70. The van der Waals surface area contributed by atoms with Gasteiger partial charge in [0.05, 0.1) is 11.0 Å². The summed E-state index contributed by atoms with van der Waals surface area (Å²) in [5.41, 5.74) is 1.21. The molecule has 0 amide bonds. The standard InChI is InChI=1S/C16H18N2O4S/c1-9-6-16(19)17-13-3-2-10(7-12(9)13)23(20,21)18-14-8-15-11(14)4-5-22-15/h2-3,6-7,11,14-15,18H,4-5,8H2,1H3,(H,17,19)/t11-,14-,15+/m1/s1. The van der Waals surface area contributed by atoms with Crippen LogP contribution in [0.5, 0.6) is 0 Å². The van der Waals surface area contributed by atoms with Crippen molar-refractivity contribution in [2.24, 2.45) is 5.92 Å². The van der Waals surface area contributed by atoms with E-state index in [1.54, 1.807) is 19.1 Å². The first kappa shape index (κ1) is 14.9. The number of aromatic nitrogens is 1. The van der Waals surface area contributed by atoms with Gasteiger partial charge in [-0.1, -0.05) is 0 Å². The van der Waals surface area contributed by atoms with Crippen LogP contribution in [0.15, 0.2) is 34.0 Å². The number of fused-ring (bicyclic) bond motifs is 2. The van der Waals surface area contributed by atoms with Gasteiger partial charge in [0.15, 0.2) is 0 Å². The minimum Gasteiger partial charge on any atom is -0.378 e. The minimum absolute atomic E-state index is 0.0418. The lowest BCUT2D eigenvalue weighted by Crippen LogP contribution is -2.53. The molecule has 0 unspecified atom stereocenters. The lowest BCUT2D eigenvalue weighted by Gasteiger charge is -2.39. The van der Waals surface area contributed by atoms with Crippen LogP contribution < -0.4 is 10.3 Å². The van der Waals surface area contributed by atoms with Crippen LogP contribution in [-0.4, -0.2) is 32.2 Å². The molecule has 2 N–H and O–H groups in total. The van der Waals surface area contributed by atoms with Crippen LogP contribution in [0.1, 0.15) is 18.4 Å². The van der Waals surface area contributed by atoms with Crippen molar-refractivity contribution in [2.75, 3.05) is 6.61 Å². The zero-order valence-corrected chi connectivity index (χ0v) is 13.5. The second kappa shape index (κ2) is 5.15. The fourth-order valence-corrected chi connectivity index (χ4v) is 4.90. The van der Waals surface area contributed by atoms with E-state index in [0.717, 1.165) is 30.4 Å². The predicted molar refractivity (Wildman–Crippen MR) is 85.9 cm³/mol. The third kappa shape index (κ3) is 2.49. The highest BCUT2D eigenvalue weighted by atomic mass is 32.2. The summed E-state index contributed by atoms with van der Waals surface area (Å²) in [4.78, 5) is 14.4. The number of sulfonamides is 1. The summed E-state index contributed by atoms with van der Waals surface area (Å²) in [5.74, 6) is 0.295. The van der Waals surface area contributed by atoms with Gasteiger partial charge >= 0.3 is 0 Å². The monoisotopic (exact) mass is 334 g/mol. The summed E-state index contributed by atoms with van der Waals surface area (Å²) in [5, 5.41) is 0.739. The van der Waals surface area contributed by atoms with Crippen molar-refractivity contribution in [1.82, 2.24) is 9.71 Å². The normalized spacial score (nSPS) is 26.9. The van der Waals surface area contributed by atoms with Crippen LogP contribution in [-0.2, 0) is 14.8 Å². The number of rotatable bonds is 3. The van der Waals surface area contributed by atoms with Crippen LogP contribution in [0.2, 0.25) is 0 Å². The summed E-state index contributed by atoms with van der Waals surface area (Å²) in [6.45, 7) is 2.52. The van der Waals surface area contributed by atoms with E-state index < -0.39 is 10.0 Å². The average Bonchev–Trinajstić information content (AvgIpc) is 2.85. The molecule has 6 nitrogen and oxygen atoms in total. The second-order valence-electron chi connectivity index (χ2n) is 6.35. The molecule has 1 aromatic carbocycles. The molecule has 2 heterocycles. The Morgan fingerprint density at radius 2 is 2.13 bits per heavy atom. The van der Waals surface area contributed by atoms with Crippen molar-refractivity contribution in [3.63, 3.8) is 0 Å². The van der Waals surface area contributed by atoms with Crippen molar-refractivity contribution >= 4 is 20.9 Å². The van der Waals surface area contributed by atoms with E-state index in [4.69, 9.17) is 4.74 Å². The molecule has 1 aliphatic carbocycles. The number of nitrogens with one attached hydrogen (secondary N) is 2. The minimum atomic E-state index is -3.57. The maximum absolute atomic E-state index is 12.6. The van der Waals surface area contributed by atoms with E-state index in [1.807, 2.05) is 0 Å². The van der Waals surface area contributed by atoms with Gasteiger partial charge in [0, 0.05) is 35.5 Å². The highest BCUT2D eigenvalue weighted by molar-refractivity contribution is 7.89. The number of aryl methyl sites for hydroxylation is 1. The van der Waals surface area contributed by atoms with E-state index in [9.17, 15) is 13.2 Å². The first-order chi connectivity index (χ1) is 10.9. The topological polar surface area (TPSA) is 88.3 Å². The molecule has 1 saturated carbocycles. The molecule has 1 saturated heterocycles. The Bertz CT molecular complexity index is 935. The molecule has 0 spiro atoms. The molecular weight excluding hydrogens is 316 g/mol. The molecule has 0 bridgehead atoms. The summed E-state index contributed by atoms with van der Waals surface area (Å²) >= 11 is 0. The van der Waals surface area contributed by atoms with Crippen LogP contribution >= 0.6 is 0 Å². The zero-order chi connectivity index (χ0) is 16.2. The average molecular weight is 334 g/mol. The van der Waals surface area contributed by atoms with E-state index in [2.05, 4.69) is 9.71 Å². The SMILES string of the molecule is Cc1cc(=O)[nH]c2ccc(S(=O)(=O)N[C@@H]3C[C@@H]4OCC[C@@H]43)cc12. The molecular formula is C16H18N2O4S. The summed E-state index contributed by atoms with van der Waals surface area (Å²) < 4.78 is 33.6. The first-order valence-corrected chi connectivity index (χ1v) is 9.20. The van der Waals surface area contributed by atoms with Gasteiger partial charge in [-0.15, -0.1) is 0 Å². The Kier molecular flexibility index (Phi) is 3.33. The lowest BCUT2D eigenvalue weighted by molar-refractivity contribution is 0.0143. The molecule has 122 valence electrons. The maximum atomic E-state index is 12.6. The third-order valence-corrected chi connectivity index (χ3v) is 6.39. The molecule has 1 aromatic heterocycles. The van der Waals surface area contributed by atoms with Gasteiger partial charge in [0.25, 0.3) is 0 Å². The largest absolute Gasteiger partial charge is 0.378 e. The van der Waals surface area contributed by atoms with Gasteiger partial charge in [0.1, 0.15) is 0 Å². The third-order valence-electron chi connectivity index (χ3n) is 4.90. The van der Waals surface area contributed by atoms with Crippen molar-refractivity contribution in [3.05, 3.63) is 40.2 Å². The molecule has 4 rings (SSSR count). The molecule has 2 fully saturated rings. The smallest absolute Gasteiger partial charge is 0.248 e. The Balaban J connectivity index is 1.66. The number of pyridine rings is 1. The van der Waals surface area contributed by atoms with Gasteiger partial charge in [-0.2, -0.15) is 0 Å². The van der Waals surface area contributed by atoms with Gasteiger partial charge in [-0.05, 0) is 43.5 Å². The molecule has 0 radical (unpaired) electrons. The molecule has 2 aromatic rings. The number of hydrogen-bond acceptors (Lipinski definition) is 4.